The Balaban J connectivity index is 0.00000400. The van der Waals surface area contributed by atoms with E-state index in [4.69, 9.17) is 0 Å². The van der Waals surface area contributed by atoms with Gasteiger partial charge >= 0.3 is 0 Å². The van der Waals surface area contributed by atoms with Crippen LogP contribution in [0.1, 0.15) is 34.6 Å². The van der Waals surface area contributed by atoms with Crippen LogP contribution in [0.25, 0.3) is 0 Å². The first-order valence-electron chi connectivity index (χ1n) is 7.18. The molecule has 0 bridgehead atoms. The maximum absolute atomic E-state index is 10.8. The molecule has 1 atom stereocenters. The predicted octanol–water partition coefficient (Wildman–Crippen LogP) is 1.32. The van der Waals surface area contributed by atoms with Crippen molar-refractivity contribution in [2.75, 3.05) is 19.8 Å². The Kier molecular flexibility index (Phi) is 7.55. The Bertz CT molecular complexity index is 375. The monoisotopic (exact) mass is 331 g/mol. The normalized spacial score (nSPS) is 18.9. The van der Waals surface area contributed by atoms with Crippen LogP contribution in [0.15, 0.2) is 24.3 Å². The van der Waals surface area contributed by atoms with Gasteiger partial charge in [-0.25, -0.2) is 0 Å². The third-order valence-electron chi connectivity index (χ3n) is 4.64. The molecule has 120 valence electrons. The van der Waals surface area contributed by atoms with E-state index >= 15 is 0 Å². The first-order chi connectivity index (χ1) is 9.11. The van der Waals surface area contributed by atoms with Crippen molar-refractivity contribution in [1.29, 1.82) is 0 Å². The molecule has 0 spiro atoms. The first kappa shape index (κ1) is 21.0. The molecule has 1 rings (SSSR count). The molecule has 0 heterocycles. The van der Waals surface area contributed by atoms with Gasteiger partial charge in [0.2, 0.25) is 0 Å². The van der Waals surface area contributed by atoms with Gasteiger partial charge in [-0.05, 0) is 34.6 Å². The van der Waals surface area contributed by atoms with E-state index < -0.39 is 16.7 Å². The second-order valence-corrected chi connectivity index (χ2v) is 6.85. The topological polar surface area (TPSA) is 63.9 Å². The van der Waals surface area contributed by atoms with Crippen molar-refractivity contribution >= 4 is 0 Å². The molecule has 0 saturated carbocycles. The van der Waals surface area contributed by atoms with Gasteiger partial charge in [0, 0.05) is 39.7 Å². The fourth-order valence-electron chi connectivity index (χ4n) is 3.07. The summed E-state index contributed by atoms with van der Waals surface area (Å²) in [5.74, 6) is 0.0277. The largest absolute Gasteiger partial charge is 0.395 e. The van der Waals surface area contributed by atoms with Crippen molar-refractivity contribution in [1.82, 2.24) is 4.90 Å². The molecule has 0 fully saturated rings. The van der Waals surface area contributed by atoms with Gasteiger partial charge in [0.15, 0.2) is 0 Å². The zero-order valence-electron chi connectivity index (χ0n) is 13.8. The van der Waals surface area contributed by atoms with Crippen LogP contribution >= 0.6 is 0 Å². The van der Waals surface area contributed by atoms with Gasteiger partial charge in [-0.1, -0.05) is 24.3 Å². The zero-order chi connectivity index (χ0) is 15.6. The molecule has 0 saturated heterocycles. The van der Waals surface area contributed by atoms with Gasteiger partial charge < -0.3 is 15.3 Å². The number of aliphatic hydroxyl groups is 3. The van der Waals surface area contributed by atoms with Crippen molar-refractivity contribution in [3.63, 3.8) is 0 Å². The molecule has 0 aromatic heterocycles. The van der Waals surface area contributed by atoms with E-state index in [1.54, 1.807) is 13.8 Å². The van der Waals surface area contributed by atoms with Crippen LogP contribution in [-0.2, 0) is 21.7 Å². The summed E-state index contributed by atoms with van der Waals surface area (Å²) in [6.45, 7) is 9.74. The van der Waals surface area contributed by atoms with Crippen LogP contribution < -0.4 is 0 Å². The van der Waals surface area contributed by atoms with Crippen LogP contribution in [0.2, 0.25) is 0 Å². The maximum Gasteiger partial charge on any atom is 0.0780 e. The molecule has 1 aliphatic carbocycles. The summed E-state index contributed by atoms with van der Waals surface area (Å²) in [6, 6.07) is 0. The zero-order valence-corrected chi connectivity index (χ0v) is 15.4. The molecule has 4 nitrogen and oxygen atoms in total. The Labute approximate surface area is 143 Å². The summed E-state index contributed by atoms with van der Waals surface area (Å²) in [4.78, 5) is 2.02. The number of aliphatic hydroxyl groups excluding tert-OH is 2. The van der Waals surface area contributed by atoms with E-state index in [-0.39, 0.29) is 40.8 Å². The predicted molar refractivity (Wildman–Crippen MR) is 81.4 cm³/mol. The standard InChI is InChI=1S/C16H29NO3.Ti/c1-14(2,12-19)17(10-11-18)16(5,15(3,4)20)13-8-6-7-9-13;/h6-9,13,18-20H,10-12H2,1-5H3;. The minimum absolute atomic E-state index is 0. The molecule has 1 unspecified atom stereocenters. The molecule has 21 heavy (non-hydrogen) atoms. The maximum atomic E-state index is 10.8. The number of β-amino-alcohol motifs (C(OH)–C–C–N with tert-alkyl or cyclic N) is 1. The Morgan fingerprint density at radius 1 is 1.00 bits per heavy atom. The minimum Gasteiger partial charge on any atom is -0.395 e. The quantitative estimate of drug-likeness (QED) is 0.616. The fourth-order valence-corrected chi connectivity index (χ4v) is 3.07. The van der Waals surface area contributed by atoms with E-state index in [0.717, 1.165) is 0 Å². The van der Waals surface area contributed by atoms with Gasteiger partial charge in [0.05, 0.1) is 24.4 Å². The summed E-state index contributed by atoms with van der Waals surface area (Å²) in [5, 5.41) is 29.9. The number of hydrogen-bond acceptors (Lipinski definition) is 4. The molecule has 0 amide bonds. The Morgan fingerprint density at radius 2 is 1.48 bits per heavy atom. The van der Waals surface area contributed by atoms with Gasteiger partial charge in [0.25, 0.3) is 0 Å². The third-order valence-corrected chi connectivity index (χ3v) is 4.64. The summed E-state index contributed by atoms with van der Waals surface area (Å²) >= 11 is 0. The Morgan fingerprint density at radius 3 is 1.81 bits per heavy atom. The number of nitrogens with zero attached hydrogens (tertiary/aromatic N) is 1. The molecule has 0 aliphatic heterocycles. The number of allylic oxidation sites excluding steroid dienone is 2. The third kappa shape index (κ3) is 4.07. The van der Waals surface area contributed by atoms with Crippen LogP contribution in [0.3, 0.4) is 0 Å². The number of hydrogen-bond donors (Lipinski definition) is 3. The SMILES string of the molecule is CC(C)(CO)N(CCO)C(C)(C1C=CC=C1)C(C)(C)O.[Ti]. The van der Waals surface area contributed by atoms with Crippen molar-refractivity contribution in [3.05, 3.63) is 24.3 Å². The molecule has 0 radical (unpaired) electrons. The number of rotatable bonds is 7. The molecule has 1 aliphatic rings. The fraction of sp³-hybridized carbons (Fsp3) is 0.750. The molecule has 0 aromatic carbocycles. The average Bonchev–Trinajstić information content (AvgIpc) is 2.87. The molecule has 3 N–H and O–H groups in total. The van der Waals surface area contributed by atoms with Crippen molar-refractivity contribution < 1.29 is 37.0 Å². The van der Waals surface area contributed by atoms with Gasteiger partial charge in [-0.3, -0.25) is 4.90 Å². The molecule has 0 aromatic rings. The van der Waals surface area contributed by atoms with Crippen molar-refractivity contribution in [3.8, 4) is 0 Å². The smallest absolute Gasteiger partial charge is 0.0780 e. The van der Waals surface area contributed by atoms with E-state index in [1.807, 2.05) is 37.8 Å². The molecular formula is C16H29NO3Ti. The molecular weight excluding hydrogens is 302 g/mol. The minimum atomic E-state index is -1.00. The van der Waals surface area contributed by atoms with Crippen LogP contribution in [0.5, 0.6) is 0 Å². The van der Waals surface area contributed by atoms with Crippen molar-refractivity contribution in [2.45, 2.75) is 51.3 Å². The second kappa shape index (κ2) is 7.54. The van der Waals surface area contributed by atoms with E-state index in [9.17, 15) is 15.3 Å². The summed E-state index contributed by atoms with van der Waals surface area (Å²) in [5.41, 5.74) is -2.18. The van der Waals surface area contributed by atoms with E-state index in [0.29, 0.717) is 6.54 Å². The first-order valence-corrected chi connectivity index (χ1v) is 7.18. The second-order valence-electron chi connectivity index (χ2n) is 6.85. The summed E-state index contributed by atoms with van der Waals surface area (Å²) in [6.07, 6.45) is 8.04. The van der Waals surface area contributed by atoms with Crippen LogP contribution in [0.4, 0.5) is 0 Å². The van der Waals surface area contributed by atoms with Gasteiger partial charge in [0.1, 0.15) is 0 Å². The van der Waals surface area contributed by atoms with Gasteiger partial charge in [-0.2, -0.15) is 0 Å². The van der Waals surface area contributed by atoms with Crippen LogP contribution in [-0.4, -0.2) is 56.7 Å². The molecule has 5 heteroatoms. The average molecular weight is 331 g/mol. The van der Waals surface area contributed by atoms with Crippen molar-refractivity contribution in [2.24, 2.45) is 5.92 Å². The van der Waals surface area contributed by atoms with Crippen LogP contribution in [0, 0.1) is 5.92 Å². The van der Waals surface area contributed by atoms with E-state index in [2.05, 4.69) is 12.2 Å². The summed E-state index contributed by atoms with van der Waals surface area (Å²) in [7, 11) is 0. The van der Waals surface area contributed by atoms with E-state index in [1.165, 1.54) is 0 Å². The summed E-state index contributed by atoms with van der Waals surface area (Å²) < 4.78 is 0. The van der Waals surface area contributed by atoms with Gasteiger partial charge in [-0.15, -0.1) is 0 Å². The Hall–Kier alpha value is 0.0343.